The van der Waals surface area contributed by atoms with Crippen molar-refractivity contribution in [1.82, 2.24) is 0 Å². The second kappa shape index (κ2) is 6.38. The molecule has 0 amide bonds. The van der Waals surface area contributed by atoms with Crippen LogP contribution in [0, 0.1) is 17.7 Å². The van der Waals surface area contributed by atoms with Gasteiger partial charge in [-0.1, -0.05) is 25.2 Å². The minimum Gasteiger partial charge on any atom is -0.453 e. The molecule has 1 heterocycles. The maximum Gasteiger partial charge on any atom is 0.335 e. The molecule has 104 valence electrons. The van der Waals surface area contributed by atoms with Crippen LogP contribution in [0.5, 0.6) is 0 Å². The molecule has 0 aromatic heterocycles. The van der Waals surface area contributed by atoms with Crippen molar-refractivity contribution in [3.63, 3.8) is 0 Å². The molecule has 1 aromatic rings. The highest BCUT2D eigenvalue weighted by atomic mass is 19.1. The molecular weight excluding hydrogens is 255 g/mol. The first-order valence-corrected chi connectivity index (χ1v) is 6.81. The molecule has 20 heavy (non-hydrogen) atoms. The maximum atomic E-state index is 12.8. The van der Waals surface area contributed by atoms with Gasteiger partial charge in [0.05, 0.1) is 5.57 Å². The van der Waals surface area contributed by atoms with Gasteiger partial charge in [0.25, 0.3) is 0 Å². The van der Waals surface area contributed by atoms with Crippen LogP contribution in [0.4, 0.5) is 4.39 Å². The van der Waals surface area contributed by atoms with E-state index in [1.165, 1.54) is 12.1 Å². The molecule has 0 saturated heterocycles. The zero-order valence-corrected chi connectivity index (χ0v) is 11.7. The van der Waals surface area contributed by atoms with E-state index in [1.807, 2.05) is 0 Å². The van der Waals surface area contributed by atoms with Gasteiger partial charge in [-0.2, -0.15) is 0 Å². The summed E-state index contributed by atoms with van der Waals surface area (Å²) in [6.07, 6.45) is 2.61. The van der Waals surface area contributed by atoms with Crippen molar-refractivity contribution < 1.29 is 13.9 Å². The summed E-state index contributed by atoms with van der Waals surface area (Å²) in [7, 11) is 0. The number of rotatable bonds is 3. The molecular formula is C17H17FO2. The zero-order chi connectivity index (χ0) is 14.5. The second-order valence-electron chi connectivity index (χ2n) is 4.83. The quantitative estimate of drug-likeness (QED) is 0.620. The fourth-order valence-electron chi connectivity index (χ4n) is 2.07. The molecule has 2 rings (SSSR count). The van der Waals surface area contributed by atoms with Crippen LogP contribution in [0.3, 0.4) is 0 Å². The van der Waals surface area contributed by atoms with Crippen molar-refractivity contribution in [3.8, 4) is 11.8 Å². The highest BCUT2D eigenvalue weighted by Gasteiger charge is 2.29. The summed E-state index contributed by atoms with van der Waals surface area (Å²) in [4.78, 5) is 11.6. The van der Waals surface area contributed by atoms with Crippen LogP contribution in [0.1, 0.15) is 38.7 Å². The van der Waals surface area contributed by atoms with Crippen molar-refractivity contribution in [2.75, 3.05) is 0 Å². The van der Waals surface area contributed by atoms with Crippen molar-refractivity contribution >= 4 is 5.97 Å². The number of cyclic esters (lactones) is 1. The molecule has 0 saturated carbocycles. The van der Waals surface area contributed by atoms with E-state index in [-0.39, 0.29) is 17.9 Å². The minimum atomic E-state index is -0.286. The van der Waals surface area contributed by atoms with Gasteiger partial charge in [0.1, 0.15) is 11.9 Å². The van der Waals surface area contributed by atoms with Crippen LogP contribution in [-0.2, 0) is 9.53 Å². The Labute approximate surface area is 118 Å². The van der Waals surface area contributed by atoms with Crippen molar-refractivity contribution in [1.29, 1.82) is 0 Å². The number of esters is 1. The van der Waals surface area contributed by atoms with Gasteiger partial charge in [0.2, 0.25) is 0 Å². The summed E-state index contributed by atoms with van der Waals surface area (Å²) in [5, 5.41) is 0. The molecule has 1 aliphatic heterocycles. The van der Waals surface area contributed by atoms with Gasteiger partial charge in [-0.25, -0.2) is 9.18 Å². The average Bonchev–Trinajstić information content (AvgIpc) is 2.71. The van der Waals surface area contributed by atoms with E-state index in [9.17, 15) is 9.18 Å². The highest BCUT2D eigenvalue weighted by Crippen LogP contribution is 2.25. The number of carbonyl (C=O) groups is 1. The molecule has 0 N–H and O–H groups in total. The van der Waals surface area contributed by atoms with Crippen LogP contribution >= 0.6 is 0 Å². The molecule has 1 unspecified atom stereocenters. The third-order valence-corrected chi connectivity index (χ3v) is 3.29. The van der Waals surface area contributed by atoms with Gasteiger partial charge in [-0.05, 0) is 44.0 Å². The third-order valence-electron chi connectivity index (χ3n) is 3.29. The lowest BCUT2D eigenvalue weighted by atomic mass is 10.0. The lowest BCUT2D eigenvalue weighted by Gasteiger charge is -2.09. The fourth-order valence-corrected chi connectivity index (χ4v) is 2.07. The molecule has 0 fully saturated rings. The zero-order valence-electron chi connectivity index (χ0n) is 11.7. The van der Waals surface area contributed by atoms with E-state index >= 15 is 0 Å². The molecule has 1 aromatic carbocycles. The number of hydrogen-bond donors (Lipinski definition) is 0. The van der Waals surface area contributed by atoms with Crippen LogP contribution in [0.15, 0.2) is 35.4 Å². The average molecular weight is 272 g/mol. The first kappa shape index (κ1) is 14.3. The van der Waals surface area contributed by atoms with Crippen LogP contribution in [0.2, 0.25) is 0 Å². The van der Waals surface area contributed by atoms with Crippen LogP contribution in [-0.4, -0.2) is 12.1 Å². The Morgan fingerprint density at radius 1 is 1.25 bits per heavy atom. The van der Waals surface area contributed by atoms with E-state index in [4.69, 9.17) is 4.74 Å². The van der Waals surface area contributed by atoms with Gasteiger partial charge < -0.3 is 4.74 Å². The topological polar surface area (TPSA) is 26.3 Å². The summed E-state index contributed by atoms with van der Waals surface area (Å²) < 4.78 is 18.1. The first-order valence-electron chi connectivity index (χ1n) is 6.81. The van der Waals surface area contributed by atoms with Crippen LogP contribution < -0.4 is 0 Å². The van der Waals surface area contributed by atoms with E-state index < -0.39 is 0 Å². The number of carbonyl (C=O) groups excluding carboxylic acids is 1. The normalized spacial score (nSPS) is 17.8. The van der Waals surface area contributed by atoms with E-state index in [2.05, 4.69) is 18.8 Å². The van der Waals surface area contributed by atoms with Crippen molar-refractivity contribution in [2.45, 2.75) is 39.2 Å². The first-order chi connectivity index (χ1) is 9.61. The Kier molecular flexibility index (Phi) is 4.57. The Morgan fingerprint density at radius 3 is 2.60 bits per heavy atom. The summed E-state index contributed by atoms with van der Waals surface area (Å²) in [5.74, 6) is 5.41. The Morgan fingerprint density at radius 2 is 1.95 bits per heavy atom. The largest absolute Gasteiger partial charge is 0.453 e. The van der Waals surface area contributed by atoms with Gasteiger partial charge in [0.15, 0.2) is 0 Å². The van der Waals surface area contributed by atoms with E-state index in [1.54, 1.807) is 19.1 Å². The van der Waals surface area contributed by atoms with E-state index in [0.29, 0.717) is 5.57 Å². The monoisotopic (exact) mass is 272 g/mol. The highest BCUT2D eigenvalue weighted by molar-refractivity contribution is 5.93. The smallest absolute Gasteiger partial charge is 0.335 e. The third kappa shape index (κ3) is 3.27. The van der Waals surface area contributed by atoms with E-state index in [0.717, 1.165) is 30.4 Å². The number of halogens is 1. The van der Waals surface area contributed by atoms with Gasteiger partial charge in [-0.15, -0.1) is 0 Å². The molecule has 3 heteroatoms. The van der Waals surface area contributed by atoms with Crippen molar-refractivity contribution in [3.05, 3.63) is 46.8 Å². The molecule has 1 aliphatic rings. The standard InChI is InChI=1S/C17H17FO2/c1-3-4-5-16-15(12(2)17(19)20-16)11-8-13-6-9-14(18)10-7-13/h6-7,9-10,16H,3-5H2,1-2H3. The molecule has 1 atom stereocenters. The number of benzene rings is 1. The summed E-state index contributed by atoms with van der Waals surface area (Å²) in [6.45, 7) is 3.83. The molecule has 2 nitrogen and oxygen atoms in total. The number of ether oxygens (including phenoxy) is 1. The summed E-state index contributed by atoms with van der Waals surface area (Å²) in [6, 6.07) is 5.99. The number of unbranched alkanes of at least 4 members (excludes halogenated alkanes) is 1. The van der Waals surface area contributed by atoms with Gasteiger partial charge in [0, 0.05) is 11.1 Å². The van der Waals surface area contributed by atoms with Gasteiger partial charge >= 0.3 is 5.97 Å². The van der Waals surface area contributed by atoms with Gasteiger partial charge in [-0.3, -0.25) is 0 Å². The van der Waals surface area contributed by atoms with Crippen molar-refractivity contribution in [2.24, 2.45) is 0 Å². The lowest BCUT2D eigenvalue weighted by Crippen LogP contribution is -2.10. The molecule has 0 aliphatic carbocycles. The Bertz CT molecular complexity index is 588. The predicted octanol–water partition coefficient (Wildman–Crippen LogP) is 3.61. The summed E-state index contributed by atoms with van der Waals surface area (Å²) >= 11 is 0. The Hall–Kier alpha value is -2.08. The minimum absolute atomic E-state index is 0.226. The molecule has 0 spiro atoms. The lowest BCUT2D eigenvalue weighted by molar-refractivity contribution is -0.139. The molecule has 0 bridgehead atoms. The predicted molar refractivity (Wildman–Crippen MR) is 75.4 cm³/mol. The maximum absolute atomic E-state index is 12.8. The Balaban J connectivity index is 2.21. The number of hydrogen-bond acceptors (Lipinski definition) is 2. The van der Waals surface area contributed by atoms with Crippen LogP contribution in [0.25, 0.3) is 0 Å². The molecule has 0 radical (unpaired) electrons. The second-order valence-corrected chi connectivity index (χ2v) is 4.83. The SMILES string of the molecule is CCCCC1OC(=O)C(C)=C1C#Cc1ccc(F)cc1. The summed E-state index contributed by atoms with van der Waals surface area (Å²) in [5.41, 5.74) is 2.06. The fraction of sp³-hybridized carbons (Fsp3) is 0.353.